The summed E-state index contributed by atoms with van der Waals surface area (Å²) in [4.78, 5) is 16.2. The Balaban J connectivity index is 1.65. The van der Waals surface area contributed by atoms with Gasteiger partial charge in [-0.3, -0.25) is 10.1 Å². The van der Waals surface area contributed by atoms with Crippen molar-refractivity contribution in [1.82, 2.24) is 10.2 Å². The second-order valence-electron chi connectivity index (χ2n) is 4.66. The predicted molar refractivity (Wildman–Crippen MR) is 93.0 cm³/mol. The fourth-order valence-corrected chi connectivity index (χ4v) is 2.48. The van der Waals surface area contributed by atoms with Gasteiger partial charge in [0.15, 0.2) is 0 Å². The molecule has 1 amide bonds. The van der Waals surface area contributed by atoms with Crippen molar-refractivity contribution >= 4 is 45.3 Å². The van der Waals surface area contributed by atoms with Crippen molar-refractivity contribution in [3.63, 3.8) is 0 Å². The number of rotatable bonds is 4. The first kappa shape index (κ1) is 16.2. The van der Waals surface area contributed by atoms with Crippen LogP contribution in [0, 0.1) is 5.82 Å². The highest BCUT2D eigenvalue weighted by Gasteiger charge is 2.09. The van der Waals surface area contributed by atoms with Crippen molar-refractivity contribution < 1.29 is 9.18 Å². The van der Waals surface area contributed by atoms with E-state index >= 15 is 0 Å². The maximum Gasteiger partial charge on any atom is 0.257 e. The quantitative estimate of drug-likeness (QED) is 0.704. The van der Waals surface area contributed by atoms with Gasteiger partial charge in [0.1, 0.15) is 5.82 Å². The Hall–Kier alpha value is -2.64. The van der Waals surface area contributed by atoms with Crippen LogP contribution in [0.5, 0.6) is 0 Å². The maximum atomic E-state index is 12.8. The zero-order valence-electron chi connectivity index (χ0n) is 12.1. The Morgan fingerprint density at radius 2 is 1.83 bits per heavy atom. The molecule has 0 fully saturated rings. The minimum absolute atomic E-state index is 0.308. The molecule has 0 bridgehead atoms. The van der Waals surface area contributed by atoms with Crippen LogP contribution in [0.25, 0.3) is 0 Å². The number of carbonyl (C=O) groups excluding carboxylic acids is 1. The molecule has 3 aromatic rings. The highest BCUT2D eigenvalue weighted by molar-refractivity contribution is 7.18. The summed E-state index contributed by atoms with van der Waals surface area (Å²) in [5.41, 5.74) is 1.20. The molecule has 0 saturated heterocycles. The SMILES string of the molecule is O=C(Nc1nnc(N=Cc2ccc(F)cc2)s1)c1ccc(Cl)cc1. The number of benzene rings is 2. The molecule has 0 spiro atoms. The molecular formula is C16H10ClFN4OS. The third-order valence-electron chi connectivity index (χ3n) is 2.94. The zero-order chi connectivity index (χ0) is 16.9. The Kier molecular flexibility index (Phi) is 4.93. The second-order valence-corrected chi connectivity index (χ2v) is 6.05. The number of nitrogens with one attached hydrogen (secondary N) is 1. The normalized spacial score (nSPS) is 10.9. The first-order chi connectivity index (χ1) is 11.6. The second kappa shape index (κ2) is 7.29. The van der Waals surface area contributed by atoms with Gasteiger partial charge in [0.25, 0.3) is 5.91 Å². The van der Waals surface area contributed by atoms with Crippen LogP contribution in [0.15, 0.2) is 53.5 Å². The van der Waals surface area contributed by atoms with Crippen molar-refractivity contribution in [3.8, 4) is 0 Å². The smallest absolute Gasteiger partial charge is 0.257 e. The number of amides is 1. The van der Waals surface area contributed by atoms with Gasteiger partial charge in [-0.2, -0.15) is 0 Å². The van der Waals surface area contributed by atoms with Crippen LogP contribution >= 0.6 is 22.9 Å². The molecule has 5 nitrogen and oxygen atoms in total. The summed E-state index contributed by atoms with van der Waals surface area (Å²) < 4.78 is 12.8. The van der Waals surface area contributed by atoms with Gasteiger partial charge in [-0.25, -0.2) is 9.38 Å². The standard InChI is InChI=1S/C16H10ClFN4OS/c17-12-5-3-11(4-6-12)14(23)20-16-22-21-15(24-16)19-9-10-1-7-13(18)8-2-10/h1-9H,(H,20,22,23). The molecule has 120 valence electrons. The lowest BCUT2D eigenvalue weighted by atomic mass is 10.2. The number of hydrogen-bond acceptors (Lipinski definition) is 5. The molecule has 0 radical (unpaired) electrons. The van der Waals surface area contributed by atoms with E-state index in [1.165, 1.54) is 12.1 Å². The average Bonchev–Trinajstić information content (AvgIpc) is 3.02. The van der Waals surface area contributed by atoms with Crippen LogP contribution in [-0.2, 0) is 0 Å². The van der Waals surface area contributed by atoms with E-state index in [9.17, 15) is 9.18 Å². The third kappa shape index (κ3) is 4.21. The number of aromatic nitrogens is 2. The van der Waals surface area contributed by atoms with Crippen LogP contribution < -0.4 is 5.32 Å². The molecule has 24 heavy (non-hydrogen) atoms. The van der Waals surface area contributed by atoms with E-state index in [1.54, 1.807) is 42.6 Å². The summed E-state index contributed by atoms with van der Waals surface area (Å²) >= 11 is 6.91. The molecule has 3 rings (SSSR count). The van der Waals surface area contributed by atoms with Gasteiger partial charge in [-0.05, 0) is 42.0 Å². The summed E-state index contributed by atoms with van der Waals surface area (Å²) in [7, 11) is 0. The largest absolute Gasteiger partial charge is 0.296 e. The zero-order valence-corrected chi connectivity index (χ0v) is 13.7. The van der Waals surface area contributed by atoms with Gasteiger partial charge in [0.2, 0.25) is 10.3 Å². The molecule has 1 N–H and O–H groups in total. The Morgan fingerprint density at radius 1 is 1.12 bits per heavy atom. The van der Waals surface area contributed by atoms with E-state index in [4.69, 9.17) is 11.6 Å². The maximum absolute atomic E-state index is 12.8. The van der Waals surface area contributed by atoms with Crippen molar-refractivity contribution in [1.29, 1.82) is 0 Å². The van der Waals surface area contributed by atoms with Gasteiger partial charge in [-0.15, -0.1) is 10.2 Å². The molecule has 0 unspecified atom stereocenters. The van der Waals surface area contributed by atoms with Crippen molar-refractivity contribution in [2.24, 2.45) is 4.99 Å². The summed E-state index contributed by atoms with van der Waals surface area (Å²) in [6, 6.07) is 12.4. The Labute approximate surface area is 145 Å². The summed E-state index contributed by atoms with van der Waals surface area (Å²) in [5.74, 6) is -0.618. The lowest BCUT2D eigenvalue weighted by Gasteiger charge is -2.00. The van der Waals surface area contributed by atoms with Gasteiger partial charge in [0.05, 0.1) is 0 Å². The number of hydrogen-bond donors (Lipinski definition) is 1. The van der Waals surface area contributed by atoms with E-state index in [0.29, 0.717) is 20.8 Å². The lowest BCUT2D eigenvalue weighted by molar-refractivity contribution is 0.102. The van der Waals surface area contributed by atoms with E-state index in [2.05, 4.69) is 20.5 Å². The third-order valence-corrected chi connectivity index (χ3v) is 3.93. The molecule has 0 aliphatic heterocycles. The minimum Gasteiger partial charge on any atom is -0.296 e. The lowest BCUT2D eigenvalue weighted by Crippen LogP contribution is -2.11. The van der Waals surface area contributed by atoms with Gasteiger partial charge >= 0.3 is 0 Å². The van der Waals surface area contributed by atoms with Crippen molar-refractivity contribution in [2.45, 2.75) is 0 Å². The predicted octanol–water partition coefficient (Wildman–Crippen LogP) is 4.33. The molecule has 0 atom stereocenters. The highest BCUT2D eigenvalue weighted by atomic mass is 35.5. The van der Waals surface area contributed by atoms with Crippen molar-refractivity contribution in [2.75, 3.05) is 5.32 Å². The van der Waals surface area contributed by atoms with Crippen molar-refractivity contribution in [3.05, 3.63) is 70.5 Å². The monoisotopic (exact) mass is 360 g/mol. The first-order valence-corrected chi connectivity index (χ1v) is 8.00. The van der Waals surface area contributed by atoms with E-state index < -0.39 is 0 Å². The van der Waals surface area contributed by atoms with Crippen LogP contribution in [-0.4, -0.2) is 22.3 Å². The number of carbonyl (C=O) groups is 1. The molecule has 0 saturated carbocycles. The minimum atomic E-state index is -0.310. The topological polar surface area (TPSA) is 67.2 Å². The summed E-state index contributed by atoms with van der Waals surface area (Å²) in [6.07, 6.45) is 1.55. The first-order valence-electron chi connectivity index (χ1n) is 6.80. The van der Waals surface area contributed by atoms with E-state index in [-0.39, 0.29) is 11.7 Å². The van der Waals surface area contributed by atoms with E-state index in [1.807, 2.05) is 0 Å². The van der Waals surface area contributed by atoms with E-state index in [0.717, 1.165) is 16.9 Å². The Bertz CT molecular complexity index is 878. The fourth-order valence-electron chi connectivity index (χ4n) is 1.77. The van der Waals surface area contributed by atoms with Gasteiger partial charge < -0.3 is 0 Å². The molecule has 0 aliphatic carbocycles. The molecule has 2 aromatic carbocycles. The Morgan fingerprint density at radius 3 is 2.54 bits per heavy atom. The van der Waals surface area contributed by atoms with Crippen LogP contribution in [0.3, 0.4) is 0 Å². The van der Waals surface area contributed by atoms with Crippen LogP contribution in [0.4, 0.5) is 14.7 Å². The number of halogens is 2. The van der Waals surface area contributed by atoms with Gasteiger partial charge in [-0.1, -0.05) is 35.1 Å². The highest BCUT2D eigenvalue weighted by Crippen LogP contribution is 2.23. The van der Waals surface area contributed by atoms with Crippen LogP contribution in [0.1, 0.15) is 15.9 Å². The van der Waals surface area contributed by atoms with Gasteiger partial charge in [0, 0.05) is 16.8 Å². The molecule has 8 heteroatoms. The summed E-state index contributed by atoms with van der Waals surface area (Å²) in [5, 5.41) is 11.6. The molecule has 0 aliphatic rings. The average molecular weight is 361 g/mol. The molecular weight excluding hydrogens is 351 g/mol. The number of aliphatic imine (C=N–C) groups is 1. The summed E-state index contributed by atoms with van der Waals surface area (Å²) in [6.45, 7) is 0. The fraction of sp³-hybridized carbons (Fsp3) is 0. The number of anilines is 1. The molecule has 1 aromatic heterocycles. The molecule has 1 heterocycles. The van der Waals surface area contributed by atoms with Crippen LogP contribution in [0.2, 0.25) is 5.02 Å². The number of nitrogens with zero attached hydrogens (tertiary/aromatic N) is 3.